The highest BCUT2D eigenvalue weighted by Gasteiger charge is 2.22. The van der Waals surface area contributed by atoms with E-state index in [2.05, 4.69) is 187 Å². The van der Waals surface area contributed by atoms with E-state index in [0.29, 0.717) is 17.5 Å². The smallest absolute Gasteiger partial charge is 0.164 e. The quantitative estimate of drug-likeness (QED) is 0.152. The predicted octanol–water partition coefficient (Wildman–Crippen LogP) is 18.4. The molecule has 75 heavy (non-hydrogen) atoms. The molecule has 0 N–H and O–H groups in total. The maximum Gasteiger partial charge on any atom is 0.164 e. The zero-order valence-corrected chi connectivity index (χ0v) is 40.4. The van der Waals surface area contributed by atoms with Gasteiger partial charge in [0.2, 0.25) is 0 Å². The lowest BCUT2D eigenvalue weighted by atomic mass is 9.90. The van der Waals surface area contributed by atoms with Crippen LogP contribution >= 0.6 is 0 Å². The molecule has 0 saturated carbocycles. The summed E-state index contributed by atoms with van der Waals surface area (Å²) in [7, 11) is 0. The van der Waals surface area contributed by atoms with E-state index >= 15 is 0 Å². The fourth-order valence-electron chi connectivity index (χ4n) is 11.2. The number of fused-ring (bicyclic) bond motifs is 9. The molecule has 0 saturated heterocycles. The van der Waals surface area contributed by atoms with E-state index in [1.54, 1.807) is 0 Å². The largest absolute Gasteiger partial charge is 0.456 e. The number of rotatable bonds is 8. The molecule has 6 heteroatoms. The first-order chi connectivity index (χ1) is 37.2. The minimum absolute atomic E-state index is 0.596. The Morgan fingerprint density at radius 1 is 0.280 bits per heavy atom. The third-order valence-electron chi connectivity index (χ3n) is 14.7. The van der Waals surface area contributed by atoms with E-state index in [9.17, 15) is 0 Å². The second-order valence-electron chi connectivity index (χ2n) is 19.1. The van der Waals surface area contributed by atoms with Crippen LogP contribution in [0.15, 0.2) is 264 Å². The minimum atomic E-state index is 0.596. The molecule has 0 atom stereocenters. The second kappa shape index (κ2) is 17.3. The Hall–Kier alpha value is -10.2. The number of furan rings is 2. The van der Waals surface area contributed by atoms with E-state index in [1.165, 1.54) is 21.9 Å². The normalized spacial score (nSPS) is 11.7. The maximum atomic E-state index is 6.88. The third-order valence-corrected chi connectivity index (χ3v) is 14.7. The van der Waals surface area contributed by atoms with Crippen LogP contribution in [-0.2, 0) is 0 Å². The number of nitrogens with zero attached hydrogens (tertiary/aromatic N) is 4. The standard InChI is InChI=1S/C69H42N4O2/c1-4-17-43(18-5-1)47-33-37-59-56(41-47)53-27-10-12-29-58(53)73(59)60-30-16-32-63-65(60)57-42-48(34-38-62(57)74-63)46-23-14-25-50(39-46)64-52(35-36-55-54-28-11-13-31-61(54)75-66(55)64)49-24-15-26-51(40-49)69-71-67(44-19-6-2-7-20-44)70-68(72-69)45-21-8-3-9-22-45/h1-42H. The average Bonchev–Trinajstić information content (AvgIpc) is 4.19. The van der Waals surface area contributed by atoms with Crippen molar-refractivity contribution in [3.05, 3.63) is 255 Å². The molecule has 0 unspecified atom stereocenters. The molecule has 0 spiro atoms. The summed E-state index contributed by atoms with van der Waals surface area (Å²) in [5.41, 5.74) is 18.1. The van der Waals surface area contributed by atoms with Crippen LogP contribution in [-0.4, -0.2) is 19.5 Å². The van der Waals surface area contributed by atoms with Gasteiger partial charge in [-0.25, -0.2) is 15.0 Å². The van der Waals surface area contributed by atoms with Gasteiger partial charge in [-0.2, -0.15) is 0 Å². The highest BCUT2D eigenvalue weighted by atomic mass is 16.3. The Morgan fingerprint density at radius 3 is 1.57 bits per heavy atom. The number of hydrogen-bond donors (Lipinski definition) is 0. The molecule has 6 nitrogen and oxygen atoms in total. The van der Waals surface area contributed by atoms with Crippen LogP contribution in [0.25, 0.3) is 150 Å². The zero-order valence-electron chi connectivity index (χ0n) is 40.4. The number of benzene rings is 11. The van der Waals surface area contributed by atoms with Gasteiger partial charge in [0.15, 0.2) is 17.5 Å². The third kappa shape index (κ3) is 7.14. The molecule has 4 heterocycles. The van der Waals surface area contributed by atoms with Crippen molar-refractivity contribution in [3.8, 4) is 84.4 Å². The van der Waals surface area contributed by atoms with E-state index in [4.69, 9.17) is 23.8 Å². The molecule has 350 valence electrons. The van der Waals surface area contributed by atoms with Crippen LogP contribution in [0.4, 0.5) is 0 Å². The van der Waals surface area contributed by atoms with Crippen LogP contribution < -0.4 is 0 Å². The van der Waals surface area contributed by atoms with E-state index in [1.807, 2.05) is 72.8 Å². The van der Waals surface area contributed by atoms with Gasteiger partial charge in [0.1, 0.15) is 22.3 Å². The van der Waals surface area contributed by atoms with Crippen molar-refractivity contribution in [2.45, 2.75) is 0 Å². The monoisotopic (exact) mass is 958 g/mol. The van der Waals surface area contributed by atoms with Crippen molar-refractivity contribution in [1.82, 2.24) is 19.5 Å². The van der Waals surface area contributed by atoms with Crippen molar-refractivity contribution >= 4 is 65.7 Å². The molecule has 11 aromatic carbocycles. The summed E-state index contributed by atoms with van der Waals surface area (Å²) in [6.45, 7) is 0. The fourth-order valence-corrected chi connectivity index (χ4v) is 11.2. The molecular formula is C69H42N4O2. The summed E-state index contributed by atoms with van der Waals surface area (Å²) in [5, 5.41) is 6.67. The van der Waals surface area contributed by atoms with Gasteiger partial charge in [-0.05, 0) is 106 Å². The van der Waals surface area contributed by atoms with Gasteiger partial charge in [0.25, 0.3) is 0 Å². The lowest BCUT2D eigenvalue weighted by molar-refractivity contribution is 0.669. The van der Waals surface area contributed by atoms with Crippen LogP contribution in [0.2, 0.25) is 0 Å². The van der Waals surface area contributed by atoms with Gasteiger partial charge in [0, 0.05) is 49.2 Å². The number of para-hydroxylation sites is 2. The Bertz CT molecular complexity index is 4650. The van der Waals surface area contributed by atoms with Crippen molar-refractivity contribution in [3.63, 3.8) is 0 Å². The molecule has 0 fully saturated rings. The first-order valence-corrected chi connectivity index (χ1v) is 25.2. The van der Waals surface area contributed by atoms with Gasteiger partial charge in [-0.1, -0.05) is 188 Å². The van der Waals surface area contributed by atoms with Crippen LogP contribution in [0, 0.1) is 0 Å². The molecule has 15 rings (SSSR count). The lowest BCUT2D eigenvalue weighted by Crippen LogP contribution is -2.00. The molecule has 4 aromatic heterocycles. The van der Waals surface area contributed by atoms with E-state index < -0.39 is 0 Å². The number of hydrogen-bond acceptors (Lipinski definition) is 5. The molecule has 0 bridgehead atoms. The Kier molecular flexibility index (Phi) is 9.78. The Morgan fingerprint density at radius 2 is 0.800 bits per heavy atom. The van der Waals surface area contributed by atoms with Crippen LogP contribution in [0.3, 0.4) is 0 Å². The summed E-state index contributed by atoms with van der Waals surface area (Å²) in [6.07, 6.45) is 0. The van der Waals surface area contributed by atoms with Gasteiger partial charge in [-0.15, -0.1) is 0 Å². The first-order valence-electron chi connectivity index (χ1n) is 25.2. The molecule has 0 radical (unpaired) electrons. The summed E-state index contributed by atoms with van der Waals surface area (Å²) in [5.74, 6) is 1.83. The zero-order chi connectivity index (χ0) is 49.4. The summed E-state index contributed by atoms with van der Waals surface area (Å²) >= 11 is 0. The highest BCUT2D eigenvalue weighted by molar-refractivity contribution is 6.16. The lowest BCUT2D eigenvalue weighted by Gasteiger charge is -2.14. The van der Waals surface area contributed by atoms with Gasteiger partial charge >= 0.3 is 0 Å². The summed E-state index contributed by atoms with van der Waals surface area (Å²) in [4.78, 5) is 15.1. The molecule has 0 amide bonds. The maximum absolute atomic E-state index is 6.88. The highest BCUT2D eigenvalue weighted by Crippen LogP contribution is 2.45. The molecular weight excluding hydrogens is 917 g/mol. The van der Waals surface area contributed by atoms with Crippen LogP contribution in [0.5, 0.6) is 0 Å². The van der Waals surface area contributed by atoms with Crippen molar-refractivity contribution < 1.29 is 8.83 Å². The van der Waals surface area contributed by atoms with Crippen molar-refractivity contribution in [2.24, 2.45) is 0 Å². The van der Waals surface area contributed by atoms with Gasteiger partial charge < -0.3 is 13.4 Å². The first kappa shape index (κ1) is 42.5. The van der Waals surface area contributed by atoms with Gasteiger partial charge in [-0.3, -0.25) is 0 Å². The fraction of sp³-hybridized carbons (Fsp3) is 0. The van der Waals surface area contributed by atoms with Crippen molar-refractivity contribution in [2.75, 3.05) is 0 Å². The molecule has 0 aliphatic carbocycles. The van der Waals surface area contributed by atoms with E-state index in [0.717, 1.165) is 111 Å². The second-order valence-corrected chi connectivity index (χ2v) is 19.1. The molecule has 0 aliphatic rings. The van der Waals surface area contributed by atoms with Crippen molar-refractivity contribution in [1.29, 1.82) is 0 Å². The average molecular weight is 959 g/mol. The minimum Gasteiger partial charge on any atom is -0.456 e. The number of aromatic nitrogens is 4. The SMILES string of the molecule is c1ccc(-c2ccc3c(c2)c2ccccc2n3-c2cccc3oc4ccc(-c5cccc(-c6c(-c7cccc(-c8nc(-c9ccccc9)nc(-c9ccccc9)n8)c7)ccc7c6oc6ccccc67)c5)cc4c23)cc1. The topological polar surface area (TPSA) is 69.9 Å². The Labute approximate surface area is 431 Å². The predicted molar refractivity (Wildman–Crippen MR) is 307 cm³/mol. The van der Waals surface area contributed by atoms with Gasteiger partial charge in [0.05, 0.1) is 22.1 Å². The van der Waals surface area contributed by atoms with E-state index in [-0.39, 0.29) is 0 Å². The van der Waals surface area contributed by atoms with Crippen LogP contribution in [0.1, 0.15) is 0 Å². The molecule has 15 aromatic rings. The summed E-state index contributed by atoms with van der Waals surface area (Å²) < 4.78 is 16.0. The molecule has 0 aliphatic heterocycles. The summed E-state index contributed by atoms with van der Waals surface area (Å²) in [6, 6.07) is 89.3. The Balaban J connectivity index is 0.880.